The lowest BCUT2D eigenvalue weighted by molar-refractivity contribution is -0.384. The molecule has 3 rings (SSSR count). The van der Waals surface area contributed by atoms with Gasteiger partial charge in [0.1, 0.15) is 5.75 Å². The minimum absolute atomic E-state index is 0.00994. The van der Waals surface area contributed by atoms with Crippen LogP contribution in [0, 0.1) is 10.1 Å². The van der Waals surface area contributed by atoms with Crippen molar-refractivity contribution in [2.24, 2.45) is 0 Å². The molecule has 0 aliphatic heterocycles. The first-order valence-electron chi connectivity index (χ1n) is 8.30. The van der Waals surface area contributed by atoms with Crippen molar-refractivity contribution in [2.75, 3.05) is 12.4 Å². The zero-order chi connectivity index (χ0) is 21.7. The summed E-state index contributed by atoms with van der Waals surface area (Å²) in [6.45, 7) is 0. The SMILES string of the molecule is COc1ccc([N+](=O)[O-])cc1CSc1nnc(NC(=O)c2ccccc2C(=O)O)s1. The second-order valence-electron chi connectivity index (χ2n) is 5.72. The highest BCUT2D eigenvalue weighted by Gasteiger charge is 2.18. The minimum Gasteiger partial charge on any atom is -0.496 e. The van der Waals surface area contributed by atoms with E-state index in [1.165, 1.54) is 55.3 Å². The molecule has 1 amide bonds. The Morgan fingerprint density at radius 2 is 1.97 bits per heavy atom. The normalized spacial score (nSPS) is 10.4. The van der Waals surface area contributed by atoms with Gasteiger partial charge in [-0.25, -0.2) is 4.79 Å². The number of hydrogen-bond acceptors (Lipinski definition) is 9. The number of carboxylic acids is 1. The number of aromatic carboxylic acids is 1. The van der Waals surface area contributed by atoms with E-state index in [1.807, 2.05) is 0 Å². The molecule has 10 nitrogen and oxygen atoms in total. The summed E-state index contributed by atoms with van der Waals surface area (Å²) >= 11 is 2.37. The first-order valence-corrected chi connectivity index (χ1v) is 10.1. The summed E-state index contributed by atoms with van der Waals surface area (Å²) in [5, 5.41) is 30.8. The van der Waals surface area contributed by atoms with Crippen LogP contribution < -0.4 is 10.1 Å². The number of amides is 1. The van der Waals surface area contributed by atoms with E-state index in [0.29, 0.717) is 21.4 Å². The summed E-state index contributed by atoms with van der Waals surface area (Å²) in [7, 11) is 1.48. The van der Waals surface area contributed by atoms with E-state index in [0.717, 1.165) is 11.3 Å². The van der Waals surface area contributed by atoms with E-state index in [2.05, 4.69) is 15.5 Å². The Kier molecular flexibility index (Phi) is 6.59. The first kappa shape index (κ1) is 21.2. The summed E-state index contributed by atoms with van der Waals surface area (Å²) in [6, 6.07) is 10.2. The third kappa shape index (κ3) is 4.90. The van der Waals surface area contributed by atoms with Gasteiger partial charge in [-0.1, -0.05) is 35.2 Å². The van der Waals surface area contributed by atoms with E-state index in [4.69, 9.17) is 4.74 Å². The number of thioether (sulfide) groups is 1. The van der Waals surface area contributed by atoms with E-state index in [9.17, 15) is 24.8 Å². The number of nitro benzene ring substituents is 1. The monoisotopic (exact) mass is 446 g/mol. The number of hydrogen-bond donors (Lipinski definition) is 2. The van der Waals surface area contributed by atoms with Gasteiger partial charge >= 0.3 is 5.97 Å². The molecule has 0 unspecified atom stereocenters. The van der Waals surface area contributed by atoms with Crippen LogP contribution in [0.3, 0.4) is 0 Å². The summed E-state index contributed by atoms with van der Waals surface area (Å²) in [5.74, 6) is -0.965. The largest absolute Gasteiger partial charge is 0.496 e. The molecule has 0 aliphatic rings. The van der Waals surface area contributed by atoms with Crippen LogP contribution in [0.15, 0.2) is 46.8 Å². The first-order chi connectivity index (χ1) is 14.4. The number of anilines is 1. The molecule has 154 valence electrons. The van der Waals surface area contributed by atoms with Gasteiger partial charge in [0.2, 0.25) is 5.13 Å². The fraction of sp³-hybridized carbons (Fsp3) is 0.111. The molecule has 3 aromatic rings. The summed E-state index contributed by atoms with van der Waals surface area (Å²) < 4.78 is 5.75. The van der Waals surface area contributed by atoms with Crippen molar-refractivity contribution in [1.82, 2.24) is 10.2 Å². The molecule has 30 heavy (non-hydrogen) atoms. The van der Waals surface area contributed by atoms with E-state index < -0.39 is 16.8 Å². The Balaban J connectivity index is 1.69. The number of non-ortho nitro benzene ring substituents is 1. The van der Waals surface area contributed by atoms with Crippen molar-refractivity contribution in [2.45, 2.75) is 10.1 Å². The van der Waals surface area contributed by atoms with Crippen LogP contribution in [0.2, 0.25) is 0 Å². The molecule has 2 aromatic carbocycles. The van der Waals surface area contributed by atoms with Gasteiger partial charge in [0.15, 0.2) is 4.34 Å². The van der Waals surface area contributed by atoms with Crippen molar-refractivity contribution in [1.29, 1.82) is 0 Å². The summed E-state index contributed by atoms with van der Waals surface area (Å²) in [6.07, 6.45) is 0. The fourth-order valence-electron chi connectivity index (χ4n) is 2.48. The molecule has 2 N–H and O–H groups in total. The highest BCUT2D eigenvalue weighted by atomic mass is 32.2. The van der Waals surface area contributed by atoms with Crippen LogP contribution in [0.25, 0.3) is 0 Å². The number of aromatic nitrogens is 2. The second-order valence-corrected chi connectivity index (χ2v) is 7.92. The van der Waals surface area contributed by atoms with Gasteiger partial charge in [0.05, 0.1) is 23.2 Å². The molecular formula is C18H14N4O6S2. The molecule has 0 saturated carbocycles. The second kappa shape index (κ2) is 9.33. The average molecular weight is 446 g/mol. The van der Waals surface area contributed by atoms with Crippen LogP contribution in [0.4, 0.5) is 10.8 Å². The number of nitrogens with zero attached hydrogens (tertiary/aromatic N) is 3. The highest BCUT2D eigenvalue weighted by molar-refractivity contribution is 8.00. The lowest BCUT2D eigenvalue weighted by atomic mass is 10.1. The molecule has 0 fully saturated rings. The number of methoxy groups -OCH3 is 1. The minimum atomic E-state index is -1.21. The smallest absolute Gasteiger partial charge is 0.336 e. The summed E-state index contributed by atoms with van der Waals surface area (Å²) in [5.41, 5.74) is 0.462. The topological polar surface area (TPSA) is 145 Å². The predicted molar refractivity (Wildman–Crippen MR) is 110 cm³/mol. The zero-order valence-electron chi connectivity index (χ0n) is 15.4. The molecule has 0 atom stereocenters. The Morgan fingerprint density at radius 3 is 2.63 bits per heavy atom. The standard InChI is InChI=1S/C18H14N4O6S2/c1-28-14-7-6-11(22(26)27)8-10(14)9-29-18-21-20-17(30-18)19-15(23)12-4-2-3-5-13(12)16(24)25/h2-8H,9H2,1H3,(H,24,25)(H,19,20,23). The number of rotatable bonds is 8. The number of carbonyl (C=O) groups is 2. The number of nitro groups is 1. The van der Waals surface area contributed by atoms with Crippen molar-refractivity contribution >= 4 is 45.8 Å². The molecular weight excluding hydrogens is 432 g/mol. The molecule has 0 radical (unpaired) electrons. The Morgan fingerprint density at radius 1 is 1.23 bits per heavy atom. The lowest BCUT2D eigenvalue weighted by Gasteiger charge is -2.06. The lowest BCUT2D eigenvalue weighted by Crippen LogP contribution is -2.16. The van der Waals surface area contributed by atoms with Crippen LogP contribution >= 0.6 is 23.1 Å². The van der Waals surface area contributed by atoms with Gasteiger partial charge in [0.25, 0.3) is 11.6 Å². The van der Waals surface area contributed by atoms with Gasteiger partial charge in [-0.3, -0.25) is 20.2 Å². The zero-order valence-corrected chi connectivity index (χ0v) is 17.0. The van der Waals surface area contributed by atoms with Gasteiger partial charge in [-0.05, 0) is 18.2 Å². The Hall–Kier alpha value is -3.51. The number of ether oxygens (including phenoxy) is 1. The van der Waals surface area contributed by atoms with Crippen LogP contribution in [0.5, 0.6) is 5.75 Å². The third-order valence-corrected chi connectivity index (χ3v) is 5.88. The summed E-state index contributed by atoms with van der Waals surface area (Å²) in [4.78, 5) is 34.1. The van der Waals surface area contributed by atoms with Crippen molar-refractivity contribution < 1.29 is 24.4 Å². The number of nitrogens with one attached hydrogen (secondary N) is 1. The molecule has 0 bridgehead atoms. The van der Waals surface area contributed by atoms with Gasteiger partial charge in [-0.15, -0.1) is 10.2 Å². The van der Waals surface area contributed by atoms with Crippen LogP contribution in [-0.2, 0) is 5.75 Å². The van der Waals surface area contributed by atoms with Gasteiger partial charge < -0.3 is 9.84 Å². The number of benzene rings is 2. The number of carbonyl (C=O) groups excluding carboxylic acids is 1. The molecule has 12 heteroatoms. The molecule has 0 spiro atoms. The third-order valence-electron chi connectivity index (χ3n) is 3.85. The molecule has 0 aliphatic carbocycles. The molecule has 1 heterocycles. The average Bonchev–Trinajstić information content (AvgIpc) is 3.19. The Labute approximate surface area is 178 Å². The maximum atomic E-state index is 12.4. The Bertz CT molecular complexity index is 1120. The van der Waals surface area contributed by atoms with Crippen molar-refractivity contribution in [3.05, 3.63) is 69.3 Å². The highest BCUT2D eigenvalue weighted by Crippen LogP contribution is 2.33. The van der Waals surface area contributed by atoms with Gasteiger partial charge in [0, 0.05) is 23.4 Å². The van der Waals surface area contributed by atoms with Crippen LogP contribution in [-0.4, -0.2) is 39.2 Å². The van der Waals surface area contributed by atoms with E-state index in [1.54, 1.807) is 6.07 Å². The maximum Gasteiger partial charge on any atom is 0.336 e. The number of carboxylic acid groups (broad SMARTS) is 1. The van der Waals surface area contributed by atoms with Crippen LogP contribution in [0.1, 0.15) is 26.3 Å². The van der Waals surface area contributed by atoms with Gasteiger partial charge in [-0.2, -0.15) is 0 Å². The van der Waals surface area contributed by atoms with Crippen molar-refractivity contribution in [3.63, 3.8) is 0 Å². The maximum absolute atomic E-state index is 12.4. The fourth-order valence-corrected chi connectivity index (χ4v) is 4.21. The van der Waals surface area contributed by atoms with Crippen molar-refractivity contribution in [3.8, 4) is 5.75 Å². The van der Waals surface area contributed by atoms with E-state index in [-0.39, 0.29) is 21.9 Å². The predicted octanol–water partition coefficient (Wildman–Crippen LogP) is 3.70. The van der Waals surface area contributed by atoms with E-state index >= 15 is 0 Å². The molecule has 0 saturated heterocycles. The quantitative estimate of drug-likeness (QED) is 0.229. The molecule has 1 aromatic heterocycles.